The Bertz CT molecular complexity index is 1240. The van der Waals surface area contributed by atoms with Crippen LogP contribution >= 0.6 is 0 Å². The molecule has 1 aromatic carbocycles. The number of rotatable bonds is 10. The molecule has 210 valence electrons. The third-order valence-electron chi connectivity index (χ3n) is 9.15. The number of hydrogen-bond acceptors (Lipinski definition) is 5. The fourth-order valence-electron chi connectivity index (χ4n) is 7.31. The standard InChI is InChI=1S/C30H45NO5SSi/c1-20(2)38(21(3)4,22(5)6)35-16-14-27(32)28-17-25-26-13-15-31(19-30(26,8)18-29(25)36-28)37(33,34)24-11-9-23(7)10-12-24/h9-12,17,20-22,26H,13-16,18-19H2,1-8H3/t26-,30-/m0/s1. The molecule has 0 saturated carbocycles. The molecule has 0 unspecified atom stereocenters. The van der Waals surface area contributed by atoms with Crippen molar-refractivity contribution in [2.45, 2.75) is 102 Å². The van der Waals surface area contributed by atoms with E-state index in [-0.39, 0.29) is 17.1 Å². The normalized spacial score (nSPS) is 22.3. The molecule has 0 radical (unpaired) electrons. The van der Waals surface area contributed by atoms with Crippen LogP contribution in [0.25, 0.3) is 0 Å². The number of aryl methyl sites for hydroxylation is 1. The Kier molecular flexibility index (Phi) is 8.22. The molecule has 2 heterocycles. The van der Waals surface area contributed by atoms with Gasteiger partial charge in [-0.1, -0.05) is 66.2 Å². The number of ketones is 1. The molecule has 8 heteroatoms. The predicted octanol–water partition coefficient (Wildman–Crippen LogP) is 7.09. The van der Waals surface area contributed by atoms with Crippen LogP contribution in [0.3, 0.4) is 0 Å². The van der Waals surface area contributed by atoms with Crippen molar-refractivity contribution in [3.05, 3.63) is 53.0 Å². The van der Waals surface area contributed by atoms with Gasteiger partial charge in [0.1, 0.15) is 5.76 Å². The lowest BCUT2D eigenvalue weighted by Crippen LogP contribution is -2.48. The van der Waals surface area contributed by atoms with Gasteiger partial charge in [0, 0.05) is 32.5 Å². The first kappa shape index (κ1) is 29.2. The summed E-state index contributed by atoms with van der Waals surface area (Å²) >= 11 is 0. The van der Waals surface area contributed by atoms with Crippen molar-refractivity contribution >= 4 is 24.1 Å². The maximum absolute atomic E-state index is 13.3. The van der Waals surface area contributed by atoms with Gasteiger partial charge in [-0.3, -0.25) is 4.79 Å². The summed E-state index contributed by atoms with van der Waals surface area (Å²) in [5, 5.41) is 0. The largest absolute Gasteiger partial charge is 0.458 e. The highest BCUT2D eigenvalue weighted by atomic mass is 32.2. The first-order valence-corrected chi connectivity index (χ1v) is 17.7. The van der Waals surface area contributed by atoms with E-state index in [4.69, 9.17) is 8.84 Å². The molecule has 1 aliphatic heterocycles. The SMILES string of the molecule is Cc1ccc(S(=O)(=O)N2CC[C@H]3c4cc(C(=O)CCO[Si](C(C)C)(C(C)C)C(C)C)oc4C[C@@]3(C)C2)cc1. The number of carbonyl (C=O) groups is 1. The Balaban J connectivity index is 1.43. The molecule has 2 aromatic rings. The van der Waals surface area contributed by atoms with Gasteiger partial charge in [0.05, 0.1) is 4.90 Å². The second-order valence-corrected chi connectivity index (χ2v) is 20.0. The zero-order chi connectivity index (χ0) is 28.0. The highest BCUT2D eigenvalue weighted by Crippen LogP contribution is 2.53. The average Bonchev–Trinajstić information content (AvgIpc) is 3.35. The summed E-state index contributed by atoms with van der Waals surface area (Å²) in [7, 11) is -5.57. The van der Waals surface area contributed by atoms with E-state index < -0.39 is 18.3 Å². The molecule has 1 aliphatic carbocycles. The van der Waals surface area contributed by atoms with Gasteiger partial charge in [-0.05, 0) is 65.1 Å². The van der Waals surface area contributed by atoms with E-state index in [9.17, 15) is 13.2 Å². The number of fused-ring (bicyclic) bond motifs is 3. The molecule has 0 bridgehead atoms. The number of Topliss-reactive ketones (excluding diaryl/α,β-unsaturated/α-hetero) is 1. The highest BCUT2D eigenvalue weighted by Gasteiger charge is 2.50. The van der Waals surface area contributed by atoms with Crippen LogP contribution in [0.1, 0.15) is 94.7 Å². The monoisotopic (exact) mass is 559 g/mol. The van der Waals surface area contributed by atoms with Crippen molar-refractivity contribution in [2.75, 3.05) is 19.7 Å². The van der Waals surface area contributed by atoms with E-state index in [1.165, 1.54) is 0 Å². The topological polar surface area (TPSA) is 76.8 Å². The van der Waals surface area contributed by atoms with Gasteiger partial charge < -0.3 is 8.84 Å². The Morgan fingerprint density at radius 1 is 1.11 bits per heavy atom. The number of carbonyl (C=O) groups excluding carboxylic acids is 1. The molecular formula is C30H45NO5SSi. The molecule has 1 aromatic heterocycles. The van der Waals surface area contributed by atoms with Gasteiger partial charge in [0.15, 0.2) is 19.9 Å². The van der Waals surface area contributed by atoms with Crippen LogP contribution in [0.2, 0.25) is 16.6 Å². The third-order valence-corrected chi connectivity index (χ3v) is 17.1. The summed E-state index contributed by atoms with van der Waals surface area (Å²) in [6.07, 6.45) is 1.68. The number of hydrogen-bond donors (Lipinski definition) is 0. The van der Waals surface area contributed by atoms with Gasteiger partial charge in [-0.25, -0.2) is 8.42 Å². The van der Waals surface area contributed by atoms with Crippen molar-refractivity contribution in [1.29, 1.82) is 0 Å². The molecule has 6 nitrogen and oxygen atoms in total. The molecule has 4 rings (SSSR count). The van der Waals surface area contributed by atoms with Crippen LogP contribution in [-0.2, 0) is 20.9 Å². The van der Waals surface area contributed by atoms with Gasteiger partial charge in [0.2, 0.25) is 10.0 Å². The van der Waals surface area contributed by atoms with Crippen LogP contribution in [0.15, 0.2) is 39.6 Å². The lowest BCUT2D eigenvalue weighted by Gasteiger charge is -2.42. The van der Waals surface area contributed by atoms with E-state index in [2.05, 4.69) is 48.5 Å². The van der Waals surface area contributed by atoms with E-state index in [0.29, 0.717) is 59.8 Å². The molecule has 0 N–H and O–H groups in total. The first-order valence-electron chi connectivity index (χ1n) is 14.1. The van der Waals surface area contributed by atoms with Gasteiger partial charge in [-0.15, -0.1) is 0 Å². The number of sulfonamides is 1. The Labute approximate surface area is 230 Å². The molecule has 1 fully saturated rings. The van der Waals surface area contributed by atoms with Crippen LogP contribution in [-0.4, -0.2) is 46.5 Å². The number of nitrogens with zero attached hydrogens (tertiary/aromatic N) is 1. The summed E-state index contributed by atoms with van der Waals surface area (Å²) in [6, 6.07) is 8.98. The van der Waals surface area contributed by atoms with Crippen molar-refractivity contribution in [2.24, 2.45) is 5.41 Å². The average molecular weight is 560 g/mol. The zero-order valence-corrected chi connectivity index (χ0v) is 26.2. The summed E-state index contributed by atoms with van der Waals surface area (Å²) in [4.78, 5) is 13.4. The molecule has 2 aliphatic rings. The Morgan fingerprint density at radius 3 is 2.29 bits per heavy atom. The van der Waals surface area contributed by atoms with Gasteiger partial charge in [-0.2, -0.15) is 4.31 Å². The van der Waals surface area contributed by atoms with Crippen LogP contribution in [0, 0.1) is 12.3 Å². The fraction of sp³-hybridized carbons (Fsp3) is 0.633. The second-order valence-electron chi connectivity index (χ2n) is 12.7. The first-order chi connectivity index (χ1) is 17.7. The number of benzene rings is 1. The van der Waals surface area contributed by atoms with Crippen molar-refractivity contribution in [3.8, 4) is 0 Å². The van der Waals surface area contributed by atoms with E-state index in [1.54, 1.807) is 16.4 Å². The minimum Gasteiger partial charge on any atom is -0.458 e. The molecule has 38 heavy (non-hydrogen) atoms. The lowest BCUT2D eigenvalue weighted by atomic mass is 9.74. The molecule has 2 atom stereocenters. The van der Waals surface area contributed by atoms with Crippen LogP contribution in [0.4, 0.5) is 0 Å². The van der Waals surface area contributed by atoms with Crippen LogP contribution < -0.4 is 0 Å². The maximum atomic E-state index is 13.3. The second kappa shape index (κ2) is 10.7. The van der Waals surface area contributed by atoms with E-state index >= 15 is 0 Å². The van der Waals surface area contributed by atoms with E-state index in [1.807, 2.05) is 25.1 Å². The van der Waals surface area contributed by atoms with E-state index in [0.717, 1.165) is 23.3 Å². The maximum Gasteiger partial charge on any atom is 0.243 e. The molecule has 0 amide bonds. The zero-order valence-electron chi connectivity index (χ0n) is 24.3. The van der Waals surface area contributed by atoms with Crippen molar-refractivity contribution in [3.63, 3.8) is 0 Å². The third kappa shape index (κ3) is 5.09. The minimum absolute atomic E-state index is 0.0142. The van der Waals surface area contributed by atoms with Gasteiger partial charge >= 0.3 is 0 Å². The predicted molar refractivity (Wildman–Crippen MR) is 154 cm³/mol. The fourth-order valence-corrected chi connectivity index (χ4v) is 14.4. The van der Waals surface area contributed by atoms with Crippen LogP contribution in [0.5, 0.6) is 0 Å². The van der Waals surface area contributed by atoms with Gasteiger partial charge in [0.25, 0.3) is 0 Å². The summed E-state index contributed by atoms with van der Waals surface area (Å²) in [6.45, 7) is 18.9. The molecule has 0 spiro atoms. The molecular weight excluding hydrogens is 514 g/mol. The highest BCUT2D eigenvalue weighted by molar-refractivity contribution is 7.89. The summed E-state index contributed by atoms with van der Waals surface area (Å²) in [5.74, 6) is 1.43. The van der Waals surface area contributed by atoms with Crippen molar-refractivity contribution < 1.29 is 22.1 Å². The Hall–Kier alpha value is -1.74. The lowest BCUT2D eigenvalue weighted by molar-refractivity contribution is 0.0924. The molecule has 1 saturated heterocycles. The Morgan fingerprint density at radius 2 is 1.71 bits per heavy atom. The number of piperidine rings is 1. The van der Waals surface area contributed by atoms with Crippen molar-refractivity contribution in [1.82, 2.24) is 4.31 Å². The number of furan rings is 1. The summed E-state index contributed by atoms with van der Waals surface area (Å²) < 4.78 is 41.0. The summed E-state index contributed by atoms with van der Waals surface area (Å²) in [5.41, 5.74) is 3.30. The smallest absolute Gasteiger partial charge is 0.243 e. The quantitative estimate of drug-likeness (QED) is 0.229. The minimum atomic E-state index is -3.55.